The molecule has 2 aromatic rings. The van der Waals surface area contributed by atoms with Crippen molar-refractivity contribution >= 4 is 52.2 Å². The first-order valence-electron chi connectivity index (χ1n) is 28.0. The normalized spacial score (nSPS) is 37.7. The van der Waals surface area contributed by atoms with E-state index in [4.69, 9.17) is 54.2 Å². The number of aromatic nitrogens is 1. The van der Waals surface area contributed by atoms with Crippen molar-refractivity contribution in [3.05, 3.63) is 39.1 Å². The summed E-state index contributed by atoms with van der Waals surface area (Å²) in [6.45, 7) is 16.6. The highest BCUT2D eigenvalue weighted by Gasteiger charge is 2.59. The van der Waals surface area contributed by atoms with Gasteiger partial charge in [0.05, 0.1) is 71.8 Å². The highest BCUT2D eigenvalue weighted by molar-refractivity contribution is 6.34. The van der Waals surface area contributed by atoms with Crippen molar-refractivity contribution in [2.45, 2.75) is 204 Å². The van der Waals surface area contributed by atoms with E-state index in [1.54, 1.807) is 45.3 Å². The van der Waals surface area contributed by atoms with Gasteiger partial charge in [-0.3, -0.25) is 19.3 Å². The Morgan fingerprint density at radius 1 is 0.975 bits per heavy atom. The van der Waals surface area contributed by atoms with Crippen molar-refractivity contribution in [3.63, 3.8) is 0 Å². The fourth-order valence-corrected chi connectivity index (χ4v) is 12.7. The van der Waals surface area contributed by atoms with Gasteiger partial charge in [-0.05, 0) is 113 Å². The van der Waals surface area contributed by atoms with Crippen LogP contribution in [0.25, 0.3) is 10.9 Å². The van der Waals surface area contributed by atoms with Crippen LogP contribution in [0.3, 0.4) is 0 Å². The van der Waals surface area contributed by atoms with E-state index in [2.05, 4.69) is 10.6 Å². The van der Waals surface area contributed by atoms with Crippen molar-refractivity contribution in [3.8, 4) is 0 Å². The summed E-state index contributed by atoms with van der Waals surface area (Å²) in [5.74, 6) is -6.90. The van der Waals surface area contributed by atoms with Gasteiger partial charge in [-0.15, -0.1) is 0 Å². The molecule has 5 fully saturated rings. The van der Waals surface area contributed by atoms with Crippen LogP contribution >= 0.6 is 11.6 Å². The maximum Gasteiger partial charge on any atom is 0.509 e. The average Bonchev–Trinajstić information content (AvgIpc) is 4.35. The van der Waals surface area contributed by atoms with E-state index in [1.807, 2.05) is 58.6 Å². The Kier molecular flexibility index (Phi) is 20.4. The molecule has 0 spiro atoms. The van der Waals surface area contributed by atoms with Gasteiger partial charge in [0.2, 0.25) is 11.3 Å². The zero-order chi connectivity index (χ0) is 58.9. The van der Waals surface area contributed by atoms with Gasteiger partial charge in [0.1, 0.15) is 23.8 Å². The second-order valence-electron chi connectivity index (χ2n) is 23.7. The second kappa shape index (κ2) is 25.7. The molecule has 80 heavy (non-hydrogen) atoms. The number of pyridine rings is 1. The summed E-state index contributed by atoms with van der Waals surface area (Å²) >= 11 is 6.61. The van der Waals surface area contributed by atoms with E-state index in [0.29, 0.717) is 29.2 Å². The maximum absolute atomic E-state index is 14.8. The third-order valence-corrected chi connectivity index (χ3v) is 17.3. The number of carboxylic acid groups (broad SMARTS) is 1. The standard InChI is InChI=1S/C56H86ClN5O18/c1-14-41-55(9)49(79-53(69)80-55)32(6)61(12)26-28(2)24-54(8,70)48(78-52-45(65)40(60(10)11)21-29(3)74-52)30(4)46(31(5)51(68)76-41)77-43-25-56(71,72-13)47(33(7)75-43)59-42(63)17-19-73-20-18-58-38-22-35-39(23-37(38)57)62(34-15-16-34)27-36(44(35)64)50(66)67/h22-23,27-34,40-41,43,45-49,52,58,65,70-71H,14-21,24-26H2,1-13H3,(H,59,63)(H,66,67)/t28-,29-,30+,31-,32-,33+,40+,41-,43+,45-,46+,47+,48-,49+,52+,54-,55-,56-/m1/s1. The number of carbonyl (C=O) groups excluding carboxylic acids is 3. The molecule has 1 aliphatic carbocycles. The number of cyclic esters (lactones) is 1. The van der Waals surface area contributed by atoms with E-state index in [9.17, 15) is 44.4 Å². The average molecular weight is 1150 g/mol. The summed E-state index contributed by atoms with van der Waals surface area (Å²) in [6.07, 6.45) is -6.51. The van der Waals surface area contributed by atoms with E-state index < -0.39 is 120 Å². The molecule has 6 N–H and O–H groups in total. The number of benzene rings is 1. The third kappa shape index (κ3) is 13.9. The fraction of sp³-hybridized carbons (Fsp3) is 0.768. The number of nitrogens with one attached hydrogen (secondary N) is 2. The van der Waals surface area contributed by atoms with Crippen LogP contribution in [-0.4, -0.2) is 204 Å². The number of fused-ring (bicyclic) bond motifs is 2. The summed E-state index contributed by atoms with van der Waals surface area (Å²) in [5, 5.41) is 53.0. The molecule has 4 aliphatic heterocycles. The van der Waals surface area contributed by atoms with Crippen LogP contribution in [0.5, 0.6) is 0 Å². The van der Waals surface area contributed by atoms with Crippen LogP contribution in [0.15, 0.2) is 23.1 Å². The quantitative estimate of drug-likeness (QED) is 0.0714. The molecule has 18 atom stereocenters. The number of nitrogens with zero attached hydrogens (tertiary/aromatic N) is 3. The molecule has 1 amide bonds. The molecule has 4 saturated heterocycles. The Balaban J connectivity index is 1.07. The summed E-state index contributed by atoms with van der Waals surface area (Å²) < 4.78 is 57.6. The molecule has 1 aromatic heterocycles. The molecule has 23 nitrogen and oxygen atoms in total. The van der Waals surface area contributed by atoms with Crippen molar-refractivity contribution in [1.29, 1.82) is 0 Å². The molecule has 24 heteroatoms. The van der Waals surface area contributed by atoms with E-state index >= 15 is 0 Å². The maximum atomic E-state index is 14.8. The number of anilines is 1. The lowest BCUT2D eigenvalue weighted by molar-refractivity contribution is -0.335. The Morgan fingerprint density at radius 3 is 2.31 bits per heavy atom. The second-order valence-corrected chi connectivity index (χ2v) is 24.1. The van der Waals surface area contributed by atoms with Crippen molar-refractivity contribution in [1.82, 2.24) is 19.7 Å². The summed E-state index contributed by atoms with van der Waals surface area (Å²) in [4.78, 5) is 70.2. The Labute approximate surface area is 473 Å². The lowest BCUT2D eigenvalue weighted by Crippen LogP contribution is -2.65. The number of aromatic carboxylic acids is 1. The van der Waals surface area contributed by atoms with E-state index in [-0.39, 0.29) is 80.5 Å². The monoisotopic (exact) mass is 1150 g/mol. The topological polar surface area (TPSA) is 285 Å². The third-order valence-electron chi connectivity index (χ3n) is 17.0. The van der Waals surface area contributed by atoms with Gasteiger partial charge < -0.3 is 83.2 Å². The van der Waals surface area contributed by atoms with Crippen LogP contribution in [0.1, 0.15) is 124 Å². The van der Waals surface area contributed by atoms with Gasteiger partial charge in [-0.25, -0.2) is 9.59 Å². The lowest BCUT2D eigenvalue weighted by atomic mass is 9.77. The number of aliphatic hydroxyl groups is 3. The fourth-order valence-electron chi connectivity index (χ4n) is 12.5. The van der Waals surface area contributed by atoms with Gasteiger partial charge >= 0.3 is 18.1 Å². The number of aliphatic hydroxyl groups excluding tert-OH is 1. The number of likely N-dealkylation sites (N-methyl/N-ethyl adjacent to an activating group) is 2. The van der Waals surface area contributed by atoms with E-state index in [1.165, 1.54) is 19.4 Å². The zero-order valence-electron chi connectivity index (χ0n) is 48.5. The van der Waals surface area contributed by atoms with Gasteiger partial charge in [-0.2, -0.15) is 0 Å². The molecule has 0 bridgehead atoms. The predicted octanol–water partition coefficient (Wildman–Crippen LogP) is 4.66. The number of amides is 1. The molecular weight excluding hydrogens is 1070 g/mol. The number of methoxy groups -OCH3 is 1. The van der Waals surface area contributed by atoms with Crippen molar-refractivity contribution in [2.24, 2.45) is 17.8 Å². The van der Waals surface area contributed by atoms with Gasteiger partial charge in [0, 0.05) is 62.2 Å². The van der Waals surface area contributed by atoms with Gasteiger partial charge in [0.15, 0.2) is 30.1 Å². The molecule has 1 aromatic carbocycles. The molecule has 5 heterocycles. The Bertz CT molecular complexity index is 2590. The van der Waals surface area contributed by atoms with Crippen molar-refractivity contribution < 1.29 is 82.2 Å². The van der Waals surface area contributed by atoms with Gasteiger partial charge in [-0.1, -0.05) is 32.4 Å². The zero-order valence-corrected chi connectivity index (χ0v) is 49.2. The highest BCUT2D eigenvalue weighted by atomic mass is 35.5. The van der Waals surface area contributed by atoms with Crippen LogP contribution in [0, 0.1) is 17.8 Å². The molecule has 0 radical (unpaired) electrons. The number of halogens is 1. The number of rotatable bonds is 17. The Morgan fingerprint density at radius 2 is 1.68 bits per heavy atom. The molecule has 1 saturated carbocycles. The number of carbonyl (C=O) groups is 4. The van der Waals surface area contributed by atoms with Crippen LogP contribution in [-0.2, 0) is 52.2 Å². The molecule has 450 valence electrons. The first kappa shape index (κ1) is 63.3. The van der Waals surface area contributed by atoms with Crippen molar-refractivity contribution in [2.75, 3.05) is 59.9 Å². The van der Waals surface area contributed by atoms with Crippen LogP contribution in [0.2, 0.25) is 5.02 Å². The first-order valence-corrected chi connectivity index (χ1v) is 28.4. The van der Waals surface area contributed by atoms with Crippen LogP contribution in [0.4, 0.5) is 10.5 Å². The molecular formula is C56H86ClN5O18. The summed E-state index contributed by atoms with van der Waals surface area (Å²) in [6, 6.07) is 1.37. The number of esters is 1. The molecule has 7 rings (SSSR count). The molecule has 5 aliphatic rings. The number of hydrogen-bond acceptors (Lipinski definition) is 20. The van der Waals surface area contributed by atoms with Crippen LogP contribution < -0.4 is 16.1 Å². The van der Waals surface area contributed by atoms with E-state index in [0.717, 1.165) is 12.8 Å². The lowest BCUT2D eigenvalue weighted by Gasteiger charge is -2.49. The number of carboxylic acids is 1. The first-order chi connectivity index (χ1) is 37.5. The van der Waals surface area contributed by atoms with Gasteiger partial charge in [0.25, 0.3) is 0 Å². The predicted molar refractivity (Wildman–Crippen MR) is 292 cm³/mol. The minimum atomic E-state index is -2.08. The highest BCUT2D eigenvalue weighted by Crippen LogP contribution is 2.43. The smallest absolute Gasteiger partial charge is 0.477 e. The number of hydrogen-bond donors (Lipinski definition) is 6. The Hall–Kier alpha value is -4.24. The SMILES string of the molecule is CC[C@H]1OC(=O)[C@H](C)[C@@H](O[C@H]2C[C@@](O)(OC)[C@@H](NC(=O)CCOCCNc3cc4c(=O)c(C(=O)O)cn(C5CC5)c4cc3Cl)[C@H](C)O2)[C@H](C)[C@@H](O[C@@H]2O[C@H](C)C[C@H](N(C)C)[C@H]2O)[C@](C)(O)C[C@@H](C)CN(C)[C@H](C)[C@@H]2OC(=O)O[C@]12C. The summed E-state index contributed by atoms with van der Waals surface area (Å²) in [7, 11) is 6.87. The largest absolute Gasteiger partial charge is 0.509 e. The minimum absolute atomic E-state index is 0.0208. The number of ether oxygens (including phenoxy) is 9. The molecule has 0 unspecified atom stereocenters. The summed E-state index contributed by atoms with van der Waals surface area (Å²) in [5.41, 5.74) is -3.05. The minimum Gasteiger partial charge on any atom is -0.477 e.